The molecule has 1 amide bonds. The molecule has 0 aliphatic carbocycles. The summed E-state index contributed by atoms with van der Waals surface area (Å²) in [5.41, 5.74) is 1.97. The maximum Gasteiger partial charge on any atom is 0.243 e. The normalized spacial score (nSPS) is 16.5. The van der Waals surface area contributed by atoms with Gasteiger partial charge in [-0.3, -0.25) is 9.48 Å². The van der Waals surface area contributed by atoms with Crippen molar-refractivity contribution in [2.24, 2.45) is 0 Å². The Morgan fingerprint density at radius 1 is 1.00 bits per heavy atom. The topological polar surface area (TPSA) is 75.5 Å². The van der Waals surface area contributed by atoms with Crippen LogP contribution in [0.5, 0.6) is 0 Å². The molecule has 3 aromatic rings. The van der Waals surface area contributed by atoms with E-state index in [-0.39, 0.29) is 11.9 Å². The highest BCUT2D eigenvalue weighted by atomic mass is 32.2. The summed E-state index contributed by atoms with van der Waals surface area (Å²) in [5, 5.41) is 6.37. The Morgan fingerprint density at radius 3 is 2.32 bits per heavy atom. The Morgan fingerprint density at radius 2 is 1.68 bits per heavy atom. The van der Waals surface area contributed by atoms with E-state index in [0.717, 1.165) is 22.2 Å². The second-order valence-corrected chi connectivity index (χ2v) is 10.2. The zero-order valence-corrected chi connectivity index (χ0v) is 19.0. The molecule has 7 nitrogen and oxygen atoms in total. The molecule has 1 saturated heterocycles. The van der Waals surface area contributed by atoms with Gasteiger partial charge in [-0.1, -0.05) is 30.3 Å². The van der Waals surface area contributed by atoms with Gasteiger partial charge in [0.2, 0.25) is 15.9 Å². The van der Waals surface area contributed by atoms with Gasteiger partial charge in [-0.2, -0.15) is 9.40 Å². The Bertz CT molecular complexity index is 1210. The number of fused-ring (bicyclic) bond motifs is 1. The van der Waals surface area contributed by atoms with Crippen LogP contribution in [0.3, 0.4) is 0 Å². The maximum absolute atomic E-state index is 13.1. The number of carbonyl (C=O) groups is 1. The third-order valence-corrected chi connectivity index (χ3v) is 7.78. The number of amides is 1. The third kappa shape index (κ3) is 4.36. The van der Waals surface area contributed by atoms with Gasteiger partial charge in [0.1, 0.15) is 0 Å². The van der Waals surface area contributed by atoms with Crippen molar-refractivity contribution >= 4 is 26.7 Å². The Balaban J connectivity index is 1.40. The van der Waals surface area contributed by atoms with Crippen molar-refractivity contribution in [3.05, 3.63) is 59.9 Å². The fourth-order valence-electron chi connectivity index (χ4n) is 4.22. The molecule has 0 bridgehead atoms. The first kappa shape index (κ1) is 21.5. The number of hydrogen-bond acceptors (Lipinski definition) is 4. The standard InChI is InChI=1S/C23H28N4O3S/c1-17-14-18(2)27(24-17)19(3)15-23(28)25-10-12-26(13-11-25)31(29,30)22-9-8-20-6-4-5-7-21(20)16-22/h4-9,14,16,19H,10-13,15H2,1-3H3. The molecule has 8 heteroatoms. The number of rotatable bonds is 5. The first-order valence-corrected chi connectivity index (χ1v) is 12.0. The second kappa shape index (κ2) is 8.43. The van der Waals surface area contributed by atoms with Crippen molar-refractivity contribution in [3.63, 3.8) is 0 Å². The van der Waals surface area contributed by atoms with Crippen molar-refractivity contribution in [1.29, 1.82) is 0 Å². The lowest BCUT2D eigenvalue weighted by Gasteiger charge is -2.34. The number of carbonyl (C=O) groups excluding carboxylic acids is 1. The number of aromatic nitrogens is 2. The van der Waals surface area contributed by atoms with Crippen molar-refractivity contribution in [1.82, 2.24) is 19.0 Å². The van der Waals surface area contributed by atoms with E-state index in [1.54, 1.807) is 17.0 Å². The summed E-state index contributed by atoms with van der Waals surface area (Å²) in [4.78, 5) is 14.8. The summed E-state index contributed by atoms with van der Waals surface area (Å²) in [5.74, 6) is 0.0304. The van der Waals surface area contributed by atoms with Crippen LogP contribution in [0.15, 0.2) is 53.4 Å². The molecule has 164 valence electrons. The second-order valence-electron chi connectivity index (χ2n) is 8.22. The van der Waals surface area contributed by atoms with Crippen LogP contribution in [-0.4, -0.2) is 59.5 Å². The number of benzene rings is 2. The summed E-state index contributed by atoms with van der Waals surface area (Å²) in [6.07, 6.45) is 0.347. The summed E-state index contributed by atoms with van der Waals surface area (Å²) >= 11 is 0. The molecule has 1 fully saturated rings. The van der Waals surface area contributed by atoms with E-state index in [2.05, 4.69) is 5.10 Å². The van der Waals surface area contributed by atoms with Crippen LogP contribution in [0.1, 0.15) is 30.8 Å². The lowest BCUT2D eigenvalue weighted by molar-refractivity contribution is -0.133. The van der Waals surface area contributed by atoms with E-state index in [1.165, 1.54) is 4.31 Å². The molecule has 31 heavy (non-hydrogen) atoms. The number of sulfonamides is 1. The minimum Gasteiger partial charge on any atom is -0.340 e. The summed E-state index contributed by atoms with van der Waals surface area (Å²) < 4.78 is 29.6. The van der Waals surface area contributed by atoms with Crippen LogP contribution >= 0.6 is 0 Å². The van der Waals surface area contributed by atoms with Crippen LogP contribution < -0.4 is 0 Å². The lowest BCUT2D eigenvalue weighted by Crippen LogP contribution is -2.50. The Kier molecular flexibility index (Phi) is 5.85. The fraction of sp³-hybridized carbons (Fsp3) is 0.391. The van der Waals surface area contributed by atoms with Crippen molar-refractivity contribution in [3.8, 4) is 0 Å². The molecule has 4 rings (SSSR count). The average molecular weight is 441 g/mol. The molecule has 1 aromatic heterocycles. The first-order valence-electron chi connectivity index (χ1n) is 10.5. The maximum atomic E-state index is 13.1. The van der Waals surface area contributed by atoms with E-state index in [1.807, 2.05) is 61.9 Å². The quantitative estimate of drug-likeness (QED) is 0.611. The molecule has 1 aliphatic rings. The van der Waals surface area contributed by atoms with E-state index in [0.29, 0.717) is 37.5 Å². The molecule has 1 unspecified atom stereocenters. The molecule has 1 atom stereocenters. The predicted octanol–water partition coefficient (Wildman–Crippen LogP) is 3.14. The highest BCUT2D eigenvalue weighted by Gasteiger charge is 2.30. The third-order valence-electron chi connectivity index (χ3n) is 5.88. The Hall–Kier alpha value is -2.71. The van der Waals surface area contributed by atoms with Gasteiger partial charge in [0.15, 0.2) is 0 Å². The Labute approximate surface area is 183 Å². The number of hydrogen-bond donors (Lipinski definition) is 0. The molecule has 0 spiro atoms. The minimum atomic E-state index is -3.59. The summed E-state index contributed by atoms with van der Waals surface area (Å²) in [6, 6.07) is 14.9. The molecular weight excluding hydrogens is 412 g/mol. The van der Waals surface area contributed by atoms with Crippen molar-refractivity contribution in [2.45, 2.75) is 38.1 Å². The van der Waals surface area contributed by atoms with Crippen LogP contribution in [0.2, 0.25) is 0 Å². The zero-order chi connectivity index (χ0) is 22.2. The molecule has 0 saturated carbocycles. The summed E-state index contributed by atoms with van der Waals surface area (Å²) in [7, 11) is -3.59. The van der Waals surface area contributed by atoms with Gasteiger partial charge in [0, 0.05) is 38.3 Å². The lowest BCUT2D eigenvalue weighted by atomic mass is 10.1. The fourth-order valence-corrected chi connectivity index (χ4v) is 5.67. The minimum absolute atomic E-state index is 0.0304. The smallest absolute Gasteiger partial charge is 0.243 e. The molecule has 2 heterocycles. The average Bonchev–Trinajstić information content (AvgIpc) is 3.11. The summed E-state index contributed by atoms with van der Waals surface area (Å²) in [6.45, 7) is 7.30. The zero-order valence-electron chi connectivity index (χ0n) is 18.2. The highest BCUT2D eigenvalue weighted by molar-refractivity contribution is 7.89. The van der Waals surface area contributed by atoms with Gasteiger partial charge in [0.05, 0.1) is 16.6 Å². The van der Waals surface area contributed by atoms with E-state index in [9.17, 15) is 13.2 Å². The molecule has 0 N–H and O–H groups in total. The number of piperazine rings is 1. The van der Waals surface area contributed by atoms with Gasteiger partial charge in [-0.15, -0.1) is 0 Å². The van der Waals surface area contributed by atoms with E-state index in [4.69, 9.17) is 0 Å². The van der Waals surface area contributed by atoms with Gasteiger partial charge >= 0.3 is 0 Å². The monoisotopic (exact) mass is 440 g/mol. The molecule has 2 aromatic carbocycles. The van der Waals surface area contributed by atoms with Gasteiger partial charge in [-0.25, -0.2) is 8.42 Å². The van der Waals surface area contributed by atoms with Gasteiger partial charge < -0.3 is 4.90 Å². The predicted molar refractivity (Wildman–Crippen MR) is 120 cm³/mol. The van der Waals surface area contributed by atoms with Crippen molar-refractivity contribution < 1.29 is 13.2 Å². The van der Waals surface area contributed by atoms with E-state index >= 15 is 0 Å². The number of aryl methyl sites for hydroxylation is 2. The first-order chi connectivity index (χ1) is 14.8. The molecular formula is C23H28N4O3S. The van der Waals surface area contributed by atoms with Crippen LogP contribution in [-0.2, 0) is 14.8 Å². The van der Waals surface area contributed by atoms with Crippen LogP contribution in [0.4, 0.5) is 0 Å². The van der Waals surface area contributed by atoms with Gasteiger partial charge in [-0.05, 0) is 49.7 Å². The SMILES string of the molecule is Cc1cc(C)n(C(C)CC(=O)N2CCN(S(=O)(=O)c3ccc4ccccc4c3)CC2)n1. The highest BCUT2D eigenvalue weighted by Crippen LogP contribution is 2.23. The largest absolute Gasteiger partial charge is 0.340 e. The molecule has 1 aliphatic heterocycles. The van der Waals surface area contributed by atoms with Crippen LogP contribution in [0.25, 0.3) is 10.8 Å². The molecule has 0 radical (unpaired) electrons. The van der Waals surface area contributed by atoms with Crippen LogP contribution in [0, 0.1) is 13.8 Å². The van der Waals surface area contributed by atoms with E-state index < -0.39 is 10.0 Å². The van der Waals surface area contributed by atoms with Gasteiger partial charge in [0.25, 0.3) is 0 Å². The number of nitrogens with zero attached hydrogens (tertiary/aromatic N) is 4. The van der Waals surface area contributed by atoms with Crippen molar-refractivity contribution in [2.75, 3.05) is 26.2 Å².